The predicted octanol–water partition coefficient (Wildman–Crippen LogP) is 5.66. The van der Waals surface area contributed by atoms with E-state index in [9.17, 15) is 4.39 Å². The molecule has 1 atom stereocenters. The van der Waals surface area contributed by atoms with Gasteiger partial charge in [-0.05, 0) is 36.6 Å². The molecule has 0 aliphatic rings. The fraction of sp³-hybridized carbons (Fsp3) is 0.529. The van der Waals surface area contributed by atoms with Gasteiger partial charge >= 0.3 is 0 Å². The van der Waals surface area contributed by atoms with Crippen molar-refractivity contribution in [2.24, 2.45) is 0 Å². The van der Waals surface area contributed by atoms with Crippen LogP contribution in [0.25, 0.3) is 10.1 Å². The first-order valence-corrected chi connectivity index (χ1v) is 8.48. The summed E-state index contributed by atoms with van der Waals surface area (Å²) in [5, 5.41) is 4.72. The first-order valence-electron chi connectivity index (χ1n) is 7.67. The highest BCUT2D eigenvalue weighted by atomic mass is 32.1. The van der Waals surface area contributed by atoms with Crippen molar-refractivity contribution in [1.82, 2.24) is 5.32 Å². The molecule has 0 saturated carbocycles. The summed E-state index contributed by atoms with van der Waals surface area (Å²) in [5.74, 6) is -0.145. The van der Waals surface area contributed by atoms with E-state index in [0.717, 1.165) is 16.6 Å². The molecule has 0 radical (unpaired) electrons. The molecule has 2 rings (SSSR count). The zero-order valence-corrected chi connectivity index (χ0v) is 13.2. The maximum Gasteiger partial charge on any atom is 0.124 e. The molecule has 0 fully saturated rings. The number of fused-ring (bicyclic) bond motifs is 1. The summed E-state index contributed by atoms with van der Waals surface area (Å²) < 4.78 is 14.3. The van der Waals surface area contributed by atoms with E-state index >= 15 is 0 Å². The lowest BCUT2D eigenvalue weighted by Crippen LogP contribution is -2.19. The van der Waals surface area contributed by atoms with Crippen LogP contribution in [0.5, 0.6) is 0 Å². The highest BCUT2D eigenvalue weighted by Crippen LogP contribution is 2.32. The van der Waals surface area contributed by atoms with Crippen molar-refractivity contribution in [3.05, 3.63) is 35.0 Å². The summed E-state index contributed by atoms with van der Waals surface area (Å²) in [6.07, 6.45) is 6.32. The average molecular weight is 293 g/mol. The largest absolute Gasteiger partial charge is 0.310 e. The van der Waals surface area contributed by atoms with E-state index in [2.05, 4.69) is 25.2 Å². The fourth-order valence-corrected chi connectivity index (χ4v) is 3.76. The van der Waals surface area contributed by atoms with E-state index in [0.29, 0.717) is 6.04 Å². The number of nitrogens with one attached hydrogen (secondary N) is 1. The first kappa shape index (κ1) is 15.5. The molecule has 0 saturated heterocycles. The maximum atomic E-state index is 13.3. The lowest BCUT2D eigenvalue weighted by molar-refractivity contribution is 0.488. The summed E-state index contributed by atoms with van der Waals surface area (Å²) in [6, 6.07) is 7.70. The van der Waals surface area contributed by atoms with Gasteiger partial charge in [-0.3, -0.25) is 0 Å². The molecule has 0 spiro atoms. The maximum absolute atomic E-state index is 13.3. The molecule has 110 valence electrons. The third-order valence-electron chi connectivity index (χ3n) is 3.64. The normalized spacial score (nSPS) is 12.9. The summed E-state index contributed by atoms with van der Waals surface area (Å²) in [5.41, 5.74) is 0. The highest BCUT2D eigenvalue weighted by molar-refractivity contribution is 7.19. The number of halogens is 1. The SMILES string of the molecule is CCCCCCC(NCC)c1cc2ccc(F)cc2s1. The van der Waals surface area contributed by atoms with Crippen LogP contribution in [0.2, 0.25) is 0 Å². The van der Waals surface area contributed by atoms with E-state index in [4.69, 9.17) is 0 Å². The zero-order valence-electron chi connectivity index (χ0n) is 12.4. The van der Waals surface area contributed by atoms with Crippen molar-refractivity contribution in [2.75, 3.05) is 6.54 Å². The number of thiophene rings is 1. The average Bonchev–Trinajstić information content (AvgIpc) is 2.85. The van der Waals surface area contributed by atoms with Crippen LogP contribution in [-0.4, -0.2) is 6.54 Å². The van der Waals surface area contributed by atoms with Crippen molar-refractivity contribution in [3.63, 3.8) is 0 Å². The Labute approximate surface area is 125 Å². The quantitative estimate of drug-likeness (QED) is 0.619. The smallest absolute Gasteiger partial charge is 0.124 e. The van der Waals surface area contributed by atoms with Crippen LogP contribution in [0, 0.1) is 5.82 Å². The Bertz CT molecular complexity index is 535. The Morgan fingerprint density at radius 1 is 1.15 bits per heavy atom. The van der Waals surface area contributed by atoms with E-state index in [1.54, 1.807) is 23.5 Å². The second-order valence-electron chi connectivity index (χ2n) is 5.29. The molecule has 1 nitrogen and oxygen atoms in total. The second-order valence-corrected chi connectivity index (χ2v) is 6.41. The Morgan fingerprint density at radius 2 is 2.00 bits per heavy atom. The van der Waals surface area contributed by atoms with Gasteiger partial charge in [0.05, 0.1) is 0 Å². The lowest BCUT2D eigenvalue weighted by atomic mass is 10.1. The Balaban J connectivity index is 2.09. The standard InChI is InChI=1S/C17H24FNS/c1-3-5-6-7-8-15(19-4-2)17-11-13-9-10-14(18)12-16(13)20-17/h9-12,15,19H,3-8H2,1-2H3. The monoisotopic (exact) mass is 293 g/mol. The summed E-state index contributed by atoms with van der Waals surface area (Å²) >= 11 is 1.72. The molecular formula is C17H24FNS. The summed E-state index contributed by atoms with van der Waals surface area (Å²) in [4.78, 5) is 1.34. The molecule has 1 unspecified atom stereocenters. The molecule has 3 heteroatoms. The highest BCUT2D eigenvalue weighted by Gasteiger charge is 2.13. The van der Waals surface area contributed by atoms with Crippen LogP contribution in [0.4, 0.5) is 4.39 Å². The first-order chi connectivity index (χ1) is 9.74. The van der Waals surface area contributed by atoms with Crippen molar-refractivity contribution in [3.8, 4) is 0 Å². The molecule has 20 heavy (non-hydrogen) atoms. The van der Waals surface area contributed by atoms with Gasteiger partial charge < -0.3 is 5.32 Å². The Morgan fingerprint density at radius 3 is 2.75 bits per heavy atom. The van der Waals surface area contributed by atoms with Crippen molar-refractivity contribution in [1.29, 1.82) is 0 Å². The summed E-state index contributed by atoms with van der Waals surface area (Å²) in [6.45, 7) is 5.36. The van der Waals surface area contributed by atoms with Gasteiger partial charge in [0.2, 0.25) is 0 Å². The zero-order chi connectivity index (χ0) is 14.4. The summed E-state index contributed by atoms with van der Waals surface area (Å²) in [7, 11) is 0. The van der Waals surface area contributed by atoms with E-state index < -0.39 is 0 Å². The van der Waals surface area contributed by atoms with Gasteiger partial charge in [-0.2, -0.15) is 0 Å². The van der Waals surface area contributed by atoms with E-state index in [-0.39, 0.29) is 5.82 Å². The van der Waals surface area contributed by atoms with Crippen molar-refractivity contribution < 1.29 is 4.39 Å². The van der Waals surface area contributed by atoms with Gasteiger partial charge in [0.15, 0.2) is 0 Å². The van der Waals surface area contributed by atoms with E-state index in [1.165, 1.54) is 37.0 Å². The molecule has 1 N–H and O–H groups in total. The molecule has 0 bridgehead atoms. The van der Waals surface area contributed by atoms with Crippen LogP contribution in [0.1, 0.15) is 56.9 Å². The third kappa shape index (κ3) is 4.03. The van der Waals surface area contributed by atoms with Crippen LogP contribution in [0.15, 0.2) is 24.3 Å². The van der Waals surface area contributed by atoms with Gasteiger partial charge in [0, 0.05) is 15.6 Å². The fourth-order valence-electron chi connectivity index (χ4n) is 2.56. The minimum absolute atomic E-state index is 0.145. The van der Waals surface area contributed by atoms with Crippen molar-refractivity contribution >= 4 is 21.4 Å². The van der Waals surface area contributed by atoms with Crippen LogP contribution in [0.3, 0.4) is 0 Å². The Hall–Kier alpha value is -0.930. The molecule has 1 aromatic heterocycles. The van der Waals surface area contributed by atoms with Gasteiger partial charge in [0.1, 0.15) is 5.82 Å². The van der Waals surface area contributed by atoms with E-state index in [1.807, 2.05) is 6.07 Å². The number of rotatable bonds is 8. The topological polar surface area (TPSA) is 12.0 Å². The molecule has 1 heterocycles. The Kier molecular flexibility index (Phi) is 5.99. The lowest BCUT2D eigenvalue weighted by Gasteiger charge is -2.16. The number of hydrogen-bond donors (Lipinski definition) is 1. The second kappa shape index (κ2) is 7.75. The number of unbranched alkanes of at least 4 members (excludes halogenated alkanes) is 3. The van der Waals surface area contributed by atoms with Crippen LogP contribution >= 0.6 is 11.3 Å². The third-order valence-corrected chi connectivity index (χ3v) is 4.85. The molecular weight excluding hydrogens is 269 g/mol. The number of hydrogen-bond acceptors (Lipinski definition) is 2. The molecule has 0 aliphatic carbocycles. The van der Waals surface area contributed by atoms with Gasteiger partial charge in [-0.25, -0.2) is 4.39 Å². The van der Waals surface area contributed by atoms with Gasteiger partial charge in [-0.1, -0.05) is 45.6 Å². The molecule has 2 aromatic rings. The minimum atomic E-state index is -0.145. The van der Waals surface area contributed by atoms with Gasteiger partial charge in [0.25, 0.3) is 0 Å². The predicted molar refractivity (Wildman–Crippen MR) is 87.0 cm³/mol. The van der Waals surface area contributed by atoms with Crippen LogP contribution < -0.4 is 5.32 Å². The van der Waals surface area contributed by atoms with Crippen LogP contribution in [-0.2, 0) is 0 Å². The van der Waals surface area contributed by atoms with Gasteiger partial charge in [-0.15, -0.1) is 11.3 Å². The number of benzene rings is 1. The van der Waals surface area contributed by atoms with Crippen molar-refractivity contribution in [2.45, 2.75) is 52.0 Å². The molecule has 0 amide bonds. The molecule has 1 aromatic carbocycles. The molecule has 0 aliphatic heterocycles. The minimum Gasteiger partial charge on any atom is -0.310 e.